The Kier molecular flexibility index (Phi) is 4.71. The quantitative estimate of drug-likeness (QED) is 0.910. The molecule has 1 N–H and O–H groups in total. The number of aromatic nitrogens is 3. The summed E-state index contributed by atoms with van der Waals surface area (Å²) >= 11 is 0. The number of amides is 1. The van der Waals surface area contributed by atoms with Gasteiger partial charge in [-0.25, -0.2) is 0 Å². The Morgan fingerprint density at radius 1 is 1.39 bits per heavy atom. The van der Waals surface area contributed by atoms with Gasteiger partial charge in [-0.15, -0.1) is 0 Å². The highest BCUT2D eigenvalue weighted by Gasteiger charge is 2.30. The van der Waals surface area contributed by atoms with E-state index in [-0.39, 0.29) is 17.9 Å². The zero-order valence-electron chi connectivity index (χ0n) is 13.5. The molecule has 1 saturated heterocycles. The second-order valence-electron chi connectivity index (χ2n) is 5.92. The standard InChI is InChI=1S/C17H22N4O2/c1-3-21-16(8-12(2)20-21)17(22)19-15-11-23-10-14(15)9-13-4-6-18-7-5-13/h4-8,14-15H,3,9-11H2,1-2H3,(H,19,22)/t14-,15-/m1/s1. The van der Waals surface area contributed by atoms with Gasteiger partial charge in [0.05, 0.1) is 24.9 Å². The van der Waals surface area contributed by atoms with Gasteiger partial charge in [0.2, 0.25) is 0 Å². The van der Waals surface area contributed by atoms with Gasteiger partial charge in [0, 0.05) is 24.9 Å². The monoisotopic (exact) mass is 314 g/mol. The summed E-state index contributed by atoms with van der Waals surface area (Å²) in [7, 11) is 0. The maximum Gasteiger partial charge on any atom is 0.269 e. The molecule has 0 unspecified atom stereocenters. The fourth-order valence-corrected chi connectivity index (χ4v) is 2.99. The molecule has 2 aromatic rings. The molecule has 0 saturated carbocycles. The van der Waals surface area contributed by atoms with Gasteiger partial charge in [-0.05, 0) is 44.0 Å². The number of nitrogens with zero attached hydrogens (tertiary/aromatic N) is 3. The molecule has 2 aromatic heterocycles. The molecule has 0 spiro atoms. The third-order valence-corrected chi connectivity index (χ3v) is 4.20. The van der Waals surface area contributed by atoms with Crippen molar-refractivity contribution in [2.45, 2.75) is 32.9 Å². The van der Waals surface area contributed by atoms with E-state index in [1.807, 2.05) is 32.0 Å². The van der Waals surface area contributed by atoms with Gasteiger partial charge in [0.15, 0.2) is 0 Å². The third kappa shape index (κ3) is 3.59. The van der Waals surface area contributed by atoms with E-state index in [2.05, 4.69) is 15.4 Å². The number of hydrogen-bond donors (Lipinski definition) is 1. The van der Waals surface area contributed by atoms with Crippen molar-refractivity contribution in [2.24, 2.45) is 5.92 Å². The van der Waals surface area contributed by atoms with Crippen molar-refractivity contribution in [1.82, 2.24) is 20.1 Å². The maximum absolute atomic E-state index is 12.6. The van der Waals surface area contributed by atoms with Gasteiger partial charge in [-0.2, -0.15) is 5.10 Å². The molecule has 1 fully saturated rings. The Hall–Kier alpha value is -2.21. The molecule has 6 heteroatoms. The van der Waals surface area contributed by atoms with Crippen LogP contribution < -0.4 is 5.32 Å². The lowest BCUT2D eigenvalue weighted by atomic mass is 9.95. The highest BCUT2D eigenvalue weighted by Crippen LogP contribution is 2.19. The Morgan fingerprint density at radius 3 is 2.91 bits per heavy atom. The molecular formula is C17H22N4O2. The molecule has 0 aromatic carbocycles. The zero-order chi connectivity index (χ0) is 16.2. The molecule has 1 amide bonds. The van der Waals surface area contributed by atoms with Gasteiger partial charge in [0.25, 0.3) is 5.91 Å². The molecule has 3 heterocycles. The number of hydrogen-bond acceptors (Lipinski definition) is 4. The molecule has 122 valence electrons. The average molecular weight is 314 g/mol. The third-order valence-electron chi connectivity index (χ3n) is 4.20. The molecular weight excluding hydrogens is 292 g/mol. The Morgan fingerprint density at radius 2 is 2.17 bits per heavy atom. The summed E-state index contributed by atoms with van der Waals surface area (Å²) in [6.07, 6.45) is 4.46. The van der Waals surface area contributed by atoms with Crippen LogP contribution in [0.3, 0.4) is 0 Å². The minimum Gasteiger partial charge on any atom is -0.379 e. The zero-order valence-corrected chi connectivity index (χ0v) is 13.5. The number of ether oxygens (including phenoxy) is 1. The number of pyridine rings is 1. The van der Waals surface area contributed by atoms with Crippen molar-refractivity contribution < 1.29 is 9.53 Å². The topological polar surface area (TPSA) is 69.0 Å². The van der Waals surface area contributed by atoms with Crippen LogP contribution in [-0.2, 0) is 17.7 Å². The second-order valence-corrected chi connectivity index (χ2v) is 5.92. The molecule has 0 bridgehead atoms. The summed E-state index contributed by atoms with van der Waals surface area (Å²) in [6.45, 7) is 5.78. The summed E-state index contributed by atoms with van der Waals surface area (Å²) < 4.78 is 7.32. The van der Waals surface area contributed by atoms with Gasteiger partial charge >= 0.3 is 0 Å². The SMILES string of the molecule is CCn1nc(C)cc1C(=O)N[C@@H]1COC[C@H]1Cc1ccncc1. The summed E-state index contributed by atoms with van der Waals surface area (Å²) in [6, 6.07) is 5.86. The van der Waals surface area contributed by atoms with Gasteiger partial charge < -0.3 is 10.1 Å². The van der Waals surface area contributed by atoms with E-state index in [0.717, 1.165) is 12.1 Å². The average Bonchev–Trinajstić information content (AvgIpc) is 3.15. The van der Waals surface area contributed by atoms with Crippen molar-refractivity contribution in [2.75, 3.05) is 13.2 Å². The van der Waals surface area contributed by atoms with Crippen molar-refractivity contribution in [3.8, 4) is 0 Å². The fourth-order valence-electron chi connectivity index (χ4n) is 2.99. The van der Waals surface area contributed by atoms with Crippen LogP contribution in [0.2, 0.25) is 0 Å². The predicted molar refractivity (Wildman–Crippen MR) is 86.1 cm³/mol. The van der Waals surface area contributed by atoms with E-state index in [9.17, 15) is 4.79 Å². The predicted octanol–water partition coefficient (Wildman–Crippen LogP) is 1.59. The van der Waals surface area contributed by atoms with Crippen LogP contribution in [0.5, 0.6) is 0 Å². The molecule has 3 rings (SSSR count). The summed E-state index contributed by atoms with van der Waals surface area (Å²) in [4.78, 5) is 16.6. The van der Waals surface area contributed by atoms with Gasteiger partial charge in [0.1, 0.15) is 5.69 Å². The van der Waals surface area contributed by atoms with Crippen LogP contribution in [0, 0.1) is 12.8 Å². The lowest BCUT2D eigenvalue weighted by Gasteiger charge is -2.19. The first-order valence-corrected chi connectivity index (χ1v) is 7.99. The van der Waals surface area contributed by atoms with Crippen LogP contribution in [0.15, 0.2) is 30.6 Å². The van der Waals surface area contributed by atoms with Crippen molar-refractivity contribution in [3.63, 3.8) is 0 Å². The Labute approximate surface area is 135 Å². The largest absolute Gasteiger partial charge is 0.379 e. The van der Waals surface area contributed by atoms with Crippen LogP contribution in [-0.4, -0.2) is 39.9 Å². The van der Waals surface area contributed by atoms with Crippen molar-refractivity contribution in [3.05, 3.63) is 47.5 Å². The number of nitrogens with one attached hydrogen (secondary N) is 1. The van der Waals surface area contributed by atoms with E-state index >= 15 is 0 Å². The summed E-state index contributed by atoms with van der Waals surface area (Å²) in [5.74, 6) is 0.197. The molecule has 0 radical (unpaired) electrons. The first-order chi connectivity index (χ1) is 11.2. The number of carbonyl (C=O) groups is 1. The maximum atomic E-state index is 12.6. The lowest BCUT2D eigenvalue weighted by molar-refractivity contribution is 0.0914. The Bertz CT molecular complexity index is 668. The highest BCUT2D eigenvalue weighted by molar-refractivity contribution is 5.92. The number of rotatable bonds is 5. The molecule has 1 aliphatic heterocycles. The van der Waals surface area contributed by atoms with E-state index in [1.165, 1.54) is 5.56 Å². The van der Waals surface area contributed by atoms with Crippen LogP contribution in [0.4, 0.5) is 0 Å². The van der Waals surface area contributed by atoms with Crippen molar-refractivity contribution in [1.29, 1.82) is 0 Å². The molecule has 0 aliphatic carbocycles. The number of carbonyl (C=O) groups excluding carboxylic acids is 1. The van der Waals surface area contributed by atoms with Crippen LogP contribution in [0.25, 0.3) is 0 Å². The van der Waals surface area contributed by atoms with E-state index in [1.54, 1.807) is 17.1 Å². The first-order valence-electron chi connectivity index (χ1n) is 7.99. The first kappa shape index (κ1) is 15.7. The normalized spacial score (nSPS) is 20.6. The van der Waals surface area contributed by atoms with Gasteiger partial charge in [-0.3, -0.25) is 14.5 Å². The van der Waals surface area contributed by atoms with Gasteiger partial charge in [-0.1, -0.05) is 0 Å². The molecule has 1 aliphatic rings. The lowest BCUT2D eigenvalue weighted by Crippen LogP contribution is -2.41. The number of aryl methyl sites for hydroxylation is 2. The summed E-state index contributed by atoms with van der Waals surface area (Å²) in [5, 5.41) is 7.44. The minimum atomic E-state index is -0.0809. The minimum absolute atomic E-state index is 0.0242. The smallest absolute Gasteiger partial charge is 0.269 e. The van der Waals surface area contributed by atoms with Crippen LogP contribution >= 0.6 is 0 Å². The fraction of sp³-hybridized carbons (Fsp3) is 0.471. The van der Waals surface area contributed by atoms with Crippen molar-refractivity contribution >= 4 is 5.91 Å². The highest BCUT2D eigenvalue weighted by atomic mass is 16.5. The molecule has 23 heavy (non-hydrogen) atoms. The van der Waals surface area contributed by atoms with E-state index < -0.39 is 0 Å². The summed E-state index contributed by atoms with van der Waals surface area (Å²) in [5.41, 5.74) is 2.68. The van der Waals surface area contributed by atoms with Crippen LogP contribution in [0.1, 0.15) is 28.7 Å². The molecule has 6 nitrogen and oxygen atoms in total. The second kappa shape index (κ2) is 6.91. The van der Waals surface area contributed by atoms with E-state index in [4.69, 9.17) is 4.74 Å². The van der Waals surface area contributed by atoms with E-state index in [0.29, 0.717) is 25.5 Å². The molecule has 2 atom stereocenters. The Balaban J connectivity index is 1.67.